The van der Waals surface area contributed by atoms with E-state index in [0.29, 0.717) is 6.04 Å². The van der Waals surface area contributed by atoms with E-state index < -0.39 is 0 Å². The number of hydrogen-bond acceptors (Lipinski definition) is 2. The molecule has 0 unspecified atom stereocenters. The van der Waals surface area contributed by atoms with Crippen LogP contribution in [0.3, 0.4) is 0 Å². The van der Waals surface area contributed by atoms with Crippen molar-refractivity contribution in [2.24, 2.45) is 0 Å². The van der Waals surface area contributed by atoms with E-state index in [1.807, 2.05) is 12.5 Å². The minimum atomic E-state index is 0.550. The predicted molar refractivity (Wildman–Crippen MR) is 52.5 cm³/mol. The van der Waals surface area contributed by atoms with Gasteiger partial charge in [-0.25, -0.2) is 4.98 Å². The van der Waals surface area contributed by atoms with Crippen molar-refractivity contribution < 1.29 is 0 Å². The highest BCUT2D eigenvalue weighted by Gasteiger charge is 2.18. The van der Waals surface area contributed by atoms with E-state index in [9.17, 15) is 0 Å². The van der Waals surface area contributed by atoms with Gasteiger partial charge < -0.3 is 9.88 Å². The van der Waals surface area contributed by atoms with E-state index in [1.54, 1.807) is 0 Å². The van der Waals surface area contributed by atoms with Crippen LogP contribution in [0.5, 0.6) is 0 Å². The summed E-state index contributed by atoms with van der Waals surface area (Å²) in [6, 6.07) is 0.550. The molecule has 72 valence electrons. The van der Waals surface area contributed by atoms with E-state index in [2.05, 4.69) is 21.8 Å². The largest absolute Gasteiger partial charge is 0.333 e. The monoisotopic (exact) mass is 179 g/mol. The van der Waals surface area contributed by atoms with E-state index in [-0.39, 0.29) is 0 Å². The first kappa shape index (κ1) is 8.75. The fourth-order valence-electron chi connectivity index (χ4n) is 1.99. The van der Waals surface area contributed by atoms with Crippen molar-refractivity contribution in [1.29, 1.82) is 0 Å². The molecular weight excluding hydrogens is 162 g/mol. The lowest BCUT2D eigenvalue weighted by atomic mass is 10.2. The molecule has 1 fully saturated rings. The SMILES string of the molecule is CCCn1cncc1[C@@H]1CCCN1. The van der Waals surface area contributed by atoms with Gasteiger partial charge in [0, 0.05) is 18.8 Å². The van der Waals surface area contributed by atoms with Crippen LogP contribution in [0, 0.1) is 0 Å². The van der Waals surface area contributed by atoms with Gasteiger partial charge in [0.15, 0.2) is 0 Å². The maximum Gasteiger partial charge on any atom is 0.0948 e. The molecule has 1 aliphatic heterocycles. The maximum absolute atomic E-state index is 4.21. The summed E-state index contributed by atoms with van der Waals surface area (Å²) in [5.74, 6) is 0. The molecule has 0 radical (unpaired) electrons. The van der Waals surface area contributed by atoms with Crippen molar-refractivity contribution >= 4 is 0 Å². The van der Waals surface area contributed by atoms with Crippen LogP contribution in [-0.4, -0.2) is 16.1 Å². The lowest BCUT2D eigenvalue weighted by molar-refractivity contribution is 0.558. The zero-order valence-electron chi connectivity index (χ0n) is 8.16. The highest BCUT2D eigenvalue weighted by molar-refractivity contribution is 5.06. The summed E-state index contributed by atoms with van der Waals surface area (Å²) < 4.78 is 2.27. The average molecular weight is 179 g/mol. The van der Waals surface area contributed by atoms with Gasteiger partial charge in [-0.1, -0.05) is 6.92 Å². The third-order valence-electron chi connectivity index (χ3n) is 2.63. The first-order chi connectivity index (χ1) is 6.42. The normalized spacial score (nSPS) is 22.4. The zero-order valence-corrected chi connectivity index (χ0v) is 8.16. The molecule has 1 aromatic heterocycles. The summed E-state index contributed by atoms with van der Waals surface area (Å²) in [7, 11) is 0. The van der Waals surface area contributed by atoms with Gasteiger partial charge in [-0.05, 0) is 25.8 Å². The molecule has 0 saturated carbocycles. The third-order valence-corrected chi connectivity index (χ3v) is 2.63. The van der Waals surface area contributed by atoms with Gasteiger partial charge in [0.1, 0.15) is 0 Å². The third kappa shape index (κ3) is 1.75. The summed E-state index contributed by atoms with van der Waals surface area (Å²) in [6.45, 7) is 4.45. The zero-order chi connectivity index (χ0) is 9.10. The van der Waals surface area contributed by atoms with Crippen LogP contribution in [0.15, 0.2) is 12.5 Å². The topological polar surface area (TPSA) is 29.9 Å². The first-order valence-electron chi connectivity index (χ1n) is 5.15. The lowest BCUT2D eigenvalue weighted by Crippen LogP contribution is -2.16. The van der Waals surface area contributed by atoms with Crippen molar-refractivity contribution in [1.82, 2.24) is 14.9 Å². The molecule has 1 aromatic rings. The minimum absolute atomic E-state index is 0.550. The highest BCUT2D eigenvalue weighted by atomic mass is 15.1. The van der Waals surface area contributed by atoms with Crippen LogP contribution in [0.1, 0.15) is 37.9 Å². The Bertz CT molecular complexity index is 261. The van der Waals surface area contributed by atoms with Crippen LogP contribution in [0.2, 0.25) is 0 Å². The highest BCUT2D eigenvalue weighted by Crippen LogP contribution is 2.22. The Morgan fingerprint density at radius 3 is 3.31 bits per heavy atom. The van der Waals surface area contributed by atoms with E-state index >= 15 is 0 Å². The standard InChI is InChI=1S/C10H17N3/c1-2-6-13-8-11-7-10(13)9-4-3-5-12-9/h7-9,12H,2-6H2,1H3/t9-/m0/s1. The molecule has 1 saturated heterocycles. The van der Waals surface area contributed by atoms with Crippen molar-refractivity contribution in [3.63, 3.8) is 0 Å². The molecule has 2 rings (SSSR count). The Morgan fingerprint density at radius 2 is 2.62 bits per heavy atom. The molecule has 1 aliphatic rings. The molecule has 1 atom stereocenters. The number of aryl methyl sites for hydroxylation is 1. The molecule has 0 aliphatic carbocycles. The second-order valence-electron chi connectivity index (χ2n) is 3.66. The molecule has 0 bridgehead atoms. The molecular formula is C10H17N3. The number of rotatable bonds is 3. The summed E-state index contributed by atoms with van der Waals surface area (Å²) in [5, 5.41) is 3.50. The smallest absolute Gasteiger partial charge is 0.0948 e. The number of aromatic nitrogens is 2. The summed E-state index contributed by atoms with van der Waals surface area (Å²) in [4.78, 5) is 4.21. The molecule has 0 amide bonds. The Hall–Kier alpha value is -0.830. The summed E-state index contributed by atoms with van der Waals surface area (Å²) >= 11 is 0. The maximum atomic E-state index is 4.21. The van der Waals surface area contributed by atoms with Crippen LogP contribution >= 0.6 is 0 Å². The fourth-order valence-corrected chi connectivity index (χ4v) is 1.99. The van der Waals surface area contributed by atoms with Crippen LogP contribution < -0.4 is 5.32 Å². The van der Waals surface area contributed by atoms with Crippen molar-refractivity contribution in [2.45, 2.75) is 38.8 Å². The lowest BCUT2D eigenvalue weighted by Gasteiger charge is -2.12. The Balaban J connectivity index is 2.13. The first-order valence-corrected chi connectivity index (χ1v) is 5.15. The summed E-state index contributed by atoms with van der Waals surface area (Å²) in [6.07, 6.45) is 7.67. The quantitative estimate of drug-likeness (QED) is 0.765. The molecule has 0 aromatic carbocycles. The van der Waals surface area contributed by atoms with Gasteiger partial charge in [0.2, 0.25) is 0 Å². The number of hydrogen-bond donors (Lipinski definition) is 1. The Labute approximate surface area is 79.2 Å². The minimum Gasteiger partial charge on any atom is -0.333 e. The van der Waals surface area contributed by atoms with Crippen LogP contribution in [-0.2, 0) is 6.54 Å². The number of nitrogens with zero attached hydrogens (tertiary/aromatic N) is 2. The molecule has 1 N–H and O–H groups in total. The van der Waals surface area contributed by atoms with E-state index in [1.165, 1.54) is 25.0 Å². The second kappa shape index (κ2) is 3.92. The molecule has 0 spiro atoms. The van der Waals surface area contributed by atoms with E-state index in [4.69, 9.17) is 0 Å². The number of imidazole rings is 1. The second-order valence-corrected chi connectivity index (χ2v) is 3.66. The van der Waals surface area contributed by atoms with Crippen molar-refractivity contribution in [2.75, 3.05) is 6.54 Å². The van der Waals surface area contributed by atoms with E-state index in [0.717, 1.165) is 13.1 Å². The van der Waals surface area contributed by atoms with Gasteiger partial charge in [-0.15, -0.1) is 0 Å². The Kier molecular flexibility index (Phi) is 2.64. The van der Waals surface area contributed by atoms with Crippen molar-refractivity contribution in [3.8, 4) is 0 Å². The predicted octanol–water partition coefficient (Wildman–Crippen LogP) is 1.72. The van der Waals surface area contributed by atoms with Gasteiger partial charge in [-0.3, -0.25) is 0 Å². The van der Waals surface area contributed by atoms with Gasteiger partial charge >= 0.3 is 0 Å². The fraction of sp³-hybridized carbons (Fsp3) is 0.700. The van der Waals surface area contributed by atoms with Crippen LogP contribution in [0.4, 0.5) is 0 Å². The van der Waals surface area contributed by atoms with Gasteiger partial charge in [0.05, 0.1) is 12.0 Å². The molecule has 3 nitrogen and oxygen atoms in total. The molecule has 13 heavy (non-hydrogen) atoms. The van der Waals surface area contributed by atoms with Crippen LogP contribution in [0.25, 0.3) is 0 Å². The van der Waals surface area contributed by atoms with Gasteiger partial charge in [0.25, 0.3) is 0 Å². The molecule has 3 heteroatoms. The Morgan fingerprint density at radius 1 is 1.69 bits per heavy atom. The average Bonchev–Trinajstić information content (AvgIpc) is 2.71. The molecule has 2 heterocycles. The van der Waals surface area contributed by atoms with Gasteiger partial charge in [-0.2, -0.15) is 0 Å². The summed E-state index contributed by atoms with van der Waals surface area (Å²) in [5.41, 5.74) is 1.36. The number of nitrogens with one attached hydrogen (secondary N) is 1. The van der Waals surface area contributed by atoms with Crippen molar-refractivity contribution in [3.05, 3.63) is 18.2 Å².